The number of aryl methyl sites for hydroxylation is 1. The molecule has 0 amide bonds. The lowest BCUT2D eigenvalue weighted by Crippen LogP contribution is -2.03. The Kier molecular flexibility index (Phi) is 4.14. The lowest BCUT2D eigenvalue weighted by molar-refractivity contribution is -0.385. The van der Waals surface area contributed by atoms with Gasteiger partial charge in [0.05, 0.1) is 18.1 Å². The van der Waals surface area contributed by atoms with Gasteiger partial charge in [0.1, 0.15) is 0 Å². The summed E-state index contributed by atoms with van der Waals surface area (Å²) in [5.74, 6) is 1.23. The Morgan fingerprint density at radius 1 is 1.50 bits per heavy atom. The van der Waals surface area contributed by atoms with Crippen LogP contribution in [0, 0.1) is 17.0 Å². The molecule has 0 atom stereocenters. The van der Waals surface area contributed by atoms with Crippen molar-refractivity contribution >= 4 is 11.4 Å². The number of benzene rings is 1. The first-order valence-electron chi connectivity index (χ1n) is 6.04. The lowest BCUT2D eigenvalue weighted by Gasteiger charge is -2.08. The lowest BCUT2D eigenvalue weighted by atomic mass is 10.2. The van der Waals surface area contributed by atoms with Crippen LogP contribution in [0.3, 0.4) is 0 Å². The zero-order chi connectivity index (χ0) is 14.5. The number of hydrogen-bond acceptors (Lipinski definition) is 7. The van der Waals surface area contributed by atoms with Gasteiger partial charge in [-0.25, -0.2) is 0 Å². The van der Waals surface area contributed by atoms with Crippen LogP contribution >= 0.6 is 0 Å². The number of aromatic nitrogens is 2. The Labute approximate surface area is 114 Å². The molecule has 0 unspecified atom stereocenters. The molecule has 0 saturated heterocycles. The van der Waals surface area contributed by atoms with Crippen molar-refractivity contribution in [1.82, 2.24) is 10.1 Å². The van der Waals surface area contributed by atoms with Crippen molar-refractivity contribution in [1.29, 1.82) is 0 Å². The molecule has 0 aliphatic carbocycles. The summed E-state index contributed by atoms with van der Waals surface area (Å²) in [7, 11) is 0. The van der Waals surface area contributed by atoms with Crippen molar-refractivity contribution in [2.24, 2.45) is 0 Å². The third-order valence-electron chi connectivity index (χ3n) is 2.48. The highest BCUT2D eigenvalue weighted by molar-refractivity contribution is 5.57. The zero-order valence-corrected chi connectivity index (χ0v) is 11.1. The normalized spacial score (nSPS) is 10.3. The van der Waals surface area contributed by atoms with Crippen molar-refractivity contribution in [3.8, 4) is 5.75 Å². The predicted molar refractivity (Wildman–Crippen MR) is 70.6 cm³/mol. The van der Waals surface area contributed by atoms with Crippen LogP contribution in [0.4, 0.5) is 11.4 Å². The maximum Gasteiger partial charge on any atom is 0.311 e. The van der Waals surface area contributed by atoms with E-state index < -0.39 is 4.92 Å². The van der Waals surface area contributed by atoms with Crippen LogP contribution in [0.2, 0.25) is 0 Å². The maximum atomic E-state index is 10.9. The number of nitro groups is 1. The largest absolute Gasteiger partial charge is 0.487 e. The van der Waals surface area contributed by atoms with Gasteiger partial charge in [0, 0.05) is 24.7 Å². The molecule has 0 bridgehead atoms. The molecule has 20 heavy (non-hydrogen) atoms. The predicted octanol–water partition coefficient (Wildman–Crippen LogP) is 2.30. The fraction of sp³-hybridized carbons (Fsp3) is 0.333. The number of nitrogens with zero attached hydrogens (tertiary/aromatic N) is 3. The Morgan fingerprint density at radius 2 is 2.30 bits per heavy atom. The second-order valence-electron chi connectivity index (χ2n) is 3.96. The van der Waals surface area contributed by atoms with E-state index in [2.05, 4.69) is 15.5 Å². The van der Waals surface area contributed by atoms with E-state index >= 15 is 0 Å². The van der Waals surface area contributed by atoms with Crippen molar-refractivity contribution in [3.05, 3.63) is 40.0 Å². The van der Waals surface area contributed by atoms with E-state index in [1.165, 1.54) is 6.07 Å². The molecule has 2 rings (SSSR count). The SMILES string of the molecule is CCOc1cc(NCc2noc(C)n2)ccc1[N+](=O)[O-]. The van der Waals surface area contributed by atoms with E-state index in [1.807, 2.05) is 0 Å². The fourth-order valence-electron chi connectivity index (χ4n) is 1.64. The smallest absolute Gasteiger partial charge is 0.311 e. The molecule has 1 heterocycles. The molecule has 0 spiro atoms. The summed E-state index contributed by atoms with van der Waals surface area (Å²) >= 11 is 0. The van der Waals surface area contributed by atoms with Gasteiger partial charge in [-0.2, -0.15) is 4.98 Å². The van der Waals surface area contributed by atoms with Crippen molar-refractivity contribution in [2.45, 2.75) is 20.4 Å². The standard InChI is InChI=1S/C12H14N4O4/c1-3-19-11-6-9(4-5-10(11)16(17)18)13-7-12-14-8(2)20-15-12/h4-6,13H,3,7H2,1-2H3. The van der Waals surface area contributed by atoms with Gasteiger partial charge < -0.3 is 14.6 Å². The molecule has 106 valence electrons. The van der Waals surface area contributed by atoms with Crippen molar-refractivity contribution < 1.29 is 14.2 Å². The molecule has 0 aliphatic heterocycles. The number of nitrogens with one attached hydrogen (secondary N) is 1. The monoisotopic (exact) mass is 278 g/mol. The summed E-state index contributed by atoms with van der Waals surface area (Å²) in [6.07, 6.45) is 0. The summed E-state index contributed by atoms with van der Waals surface area (Å²) in [4.78, 5) is 14.4. The topological polar surface area (TPSA) is 103 Å². The highest BCUT2D eigenvalue weighted by Crippen LogP contribution is 2.30. The minimum absolute atomic E-state index is 0.0622. The van der Waals surface area contributed by atoms with Crippen molar-refractivity contribution in [2.75, 3.05) is 11.9 Å². The van der Waals surface area contributed by atoms with Crippen LogP contribution in [0.25, 0.3) is 0 Å². The van der Waals surface area contributed by atoms with Crippen molar-refractivity contribution in [3.63, 3.8) is 0 Å². The molecule has 1 aromatic carbocycles. The number of nitro benzene ring substituents is 1. The summed E-state index contributed by atoms with van der Waals surface area (Å²) in [5.41, 5.74) is 0.620. The molecular formula is C12H14N4O4. The maximum absolute atomic E-state index is 10.9. The van der Waals surface area contributed by atoms with Gasteiger partial charge in [0.15, 0.2) is 11.6 Å². The molecular weight excluding hydrogens is 264 g/mol. The van der Waals surface area contributed by atoms with E-state index in [-0.39, 0.29) is 11.4 Å². The first kappa shape index (κ1) is 13.8. The molecule has 8 heteroatoms. The van der Waals surface area contributed by atoms with Gasteiger partial charge in [-0.3, -0.25) is 10.1 Å². The van der Waals surface area contributed by atoms with Gasteiger partial charge in [-0.05, 0) is 13.0 Å². The van der Waals surface area contributed by atoms with E-state index in [0.29, 0.717) is 30.6 Å². The van der Waals surface area contributed by atoms with Crippen LogP contribution in [0.1, 0.15) is 18.6 Å². The van der Waals surface area contributed by atoms with E-state index in [9.17, 15) is 10.1 Å². The quantitative estimate of drug-likeness (QED) is 0.638. The van der Waals surface area contributed by atoms with Crippen LogP contribution < -0.4 is 10.1 Å². The van der Waals surface area contributed by atoms with Gasteiger partial charge in [-0.1, -0.05) is 5.16 Å². The number of hydrogen-bond donors (Lipinski definition) is 1. The minimum atomic E-state index is -0.475. The molecule has 0 radical (unpaired) electrons. The minimum Gasteiger partial charge on any atom is -0.487 e. The Balaban J connectivity index is 2.12. The molecule has 1 aromatic heterocycles. The summed E-state index contributed by atoms with van der Waals surface area (Å²) in [5, 5.41) is 17.7. The fourth-order valence-corrected chi connectivity index (χ4v) is 1.64. The Bertz CT molecular complexity index is 611. The zero-order valence-electron chi connectivity index (χ0n) is 11.1. The third-order valence-corrected chi connectivity index (χ3v) is 2.48. The van der Waals surface area contributed by atoms with Gasteiger partial charge >= 0.3 is 5.69 Å². The van der Waals surface area contributed by atoms with E-state index in [1.54, 1.807) is 26.0 Å². The number of anilines is 1. The number of ether oxygens (including phenoxy) is 1. The first-order chi connectivity index (χ1) is 9.60. The van der Waals surface area contributed by atoms with Crippen LogP contribution in [-0.4, -0.2) is 21.7 Å². The third kappa shape index (κ3) is 3.22. The Hall–Kier alpha value is -2.64. The highest BCUT2D eigenvalue weighted by Gasteiger charge is 2.15. The molecule has 8 nitrogen and oxygen atoms in total. The molecule has 1 N–H and O–H groups in total. The van der Waals surface area contributed by atoms with Gasteiger partial charge in [0.2, 0.25) is 5.89 Å². The average molecular weight is 278 g/mol. The Morgan fingerprint density at radius 3 is 2.90 bits per heavy atom. The van der Waals surface area contributed by atoms with Crippen LogP contribution in [0.15, 0.2) is 22.7 Å². The number of rotatable bonds is 6. The summed E-state index contributed by atoms with van der Waals surface area (Å²) in [6.45, 7) is 4.19. The second kappa shape index (κ2) is 6.00. The summed E-state index contributed by atoms with van der Waals surface area (Å²) in [6, 6.07) is 4.58. The van der Waals surface area contributed by atoms with Crippen LogP contribution in [-0.2, 0) is 6.54 Å². The second-order valence-corrected chi connectivity index (χ2v) is 3.96. The van der Waals surface area contributed by atoms with Gasteiger partial charge in [0.25, 0.3) is 0 Å². The summed E-state index contributed by atoms with van der Waals surface area (Å²) < 4.78 is 10.1. The average Bonchev–Trinajstić information content (AvgIpc) is 2.82. The van der Waals surface area contributed by atoms with E-state index in [0.717, 1.165) is 0 Å². The molecule has 2 aromatic rings. The van der Waals surface area contributed by atoms with Gasteiger partial charge in [-0.15, -0.1) is 0 Å². The molecule has 0 fully saturated rings. The molecule has 0 saturated carbocycles. The van der Waals surface area contributed by atoms with Crippen LogP contribution in [0.5, 0.6) is 5.75 Å². The van der Waals surface area contributed by atoms with E-state index in [4.69, 9.17) is 9.26 Å². The highest BCUT2D eigenvalue weighted by atomic mass is 16.6. The first-order valence-corrected chi connectivity index (χ1v) is 6.04. The molecule has 0 aliphatic rings.